The van der Waals surface area contributed by atoms with Gasteiger partial charge in [0, 0.05) is 10.6 Å². The largest absolute Gasteiger partial charge is 0.465 e. The number of ether oxygens (including phenoxy) is 2. The molecular weight excluding hydrogens is 608 g/mol. The van der Waals surface area contributed by atoms with Crippen LogP contribution in [0.3, 0.4) is 0 Å². The van der Waals surface area contributed by atoms with Crippen LogP contribution in [0.1, 0.15) is 46.3 Å². The van der Waals surface area contributed by atoms with Crippen LogP contribution in [0.5, 0.6) is 0 Å². The van der Waals surface area contributed by atoms with Gasteiger partial charge in [-0.1, -0.05) is 127 Å². The minimum absolute atomic E-state index is 0.0719. The van der Waals surface area contributed by atoms with Crippen molar-refractivity contribution in [2.75, 3.05) is 11.5 Å². The minimum atomic E-state index is -1.83. The second-order valence-corrected chi connectivity index (χ2v) is 12.0. The second-order valence-electron chi connectivity index (χ2n) is 11.6. The van der Waals surface area contributed by atoms with Gasteiger partial charge in [0.05, 0.1) is 31.5 Å². The maximum Gasteiger partial charge on any atom is 0.327 e. The molecule has 1 amide bonds. The number of esters is 1. The van der Waals surface area contributed by atoms with Gasteiger partial charge in [0.15, 0.2) is 0 Å². The summed E-state index contributed by atoms with van der Waals surface area (Å²) < 4.78 is 12.7. The average molecular weight is 645 g/mol. The molecule has 0 saturated heterocycles. The maximum absolute atomic E-state index is 15.2. The van der Waals surface area contributed by atoms with Crippen LogP contribution < -0.4 is 10.2 Å². The minimum Gasteiger partial charge on any atom is -0.465 e. The molecule has 1 aliphatic heterocycles. The van der Waals surface area contributed by atoms with Gasteiger partial charge in [0.1, 0.15) is 6.04 Å². The van der Waals surface area contributed by atoms with Crippen LogP contribution in [0.2, 0.25) is 5.02 Å². The number of rotatable bonds is 12. The fourth-order valence-electron chi connectivity index (χ4n) is 6.27. The number of nitrogens with zero attached hydrogens (tertiary/aromatic N) is 1. The Morgan fingerprint density at radius 3 is 2.04 bits per heavy atom. The summed E-state index contributed by atoms with van der Waals surface area (Å²) in [4.78, 5) is 31.3. The predicted octanol–water partition coefficient (Wildman–Crippen LogP) is 7.92. The van der Waals surface area contributed by atoms with Gasteiger partial charge in [0.25, 0.3) is 5.91 Å². The molecule has 6 nitrogen and oxygen atoms in total. The number of carbonyl (C=O) groups excluding carboxylic acids is 2. The number of benzene rings is 5. The standard InChI is InChI=1S/C40H37ClN2O4/c1-3-46-38(44)37(42-36(30-18-9-5-10-19-30)31-20-11-6-12-21-31)40(47-27-32-22-14-13-15-28(32)2)34-25-33(41)23-24-35(34)43(39(40)45)26-29-16-7-4-8-17-29/h4-25,36-37,42H,3,26-27H2,1-2H3/t37?,40-/m0/s1. The summed E-state index contributed by atoms with van der Waals surface area (Å²) in [5.41, 5.74) is 3.97. The first-order valence-corrected chi connectivity index (χ1v) is 16.2. The smallest absolute Gasteiger partial charge is 0.327 e. The summed E-state index contributed by atoms with van der Waals surface area (Å²) in [6.45, 7) is 4.22. The molecule has 238 valence electrons. The van der Waals surface area contributed by atoms with Gasteiger partial charge in [-0.25, -0.2) is 0 Å². The van der Waals surface area contributed by atoms with Crippen LogP contribution in [0.25, 0.3) is 0 Å². The Morgan fingerprint density at radius 1 is 0.830 bits per heavy atom. The normalized spacial score (nSPS) is 16.3. The molecule has 1 unspecified atom stereocenters. The van der Waals surface area contributed by atoms with Gasteiger partial charge in [-0.2, -0.15) is 0 Å². The van der Waals surface area contributed by atoms with E-state index in [0.29, 0.717) is 16.3 Å². The molecule has 1 aliphatic rings. The van der Waals surface area contributed by atoms with Crippen LogP contribution in [0.4, 0.5) is 5.69 Å². The molecule has 0 radical (unpaired) electrons. The molecule has 47 heavy (non-hydrogen) atoms. The highest BCUT2D eigenvalue weighted by atomic mass is 35.5. The number of hydrogen-bond acceptors (Lipinski definition) is 5. The third-order valence-corrected chi connectivity index (χ3v) is 8.88. The number of halogens is 1. The number of anilines is 1. The molecule has 0 bridgehead atoms. The Balaban J connectivity index is 1.55. The van der Waals surface area contributed by atoms with Crippen LogP contribution in [0, 0.1) is 6.92 Å². The molecule has 7 heteroatoms. The lowest BCUT2D eigenvalue weighted by Gasteiger charge is -2.38. The van der Waals surface area contributed by atoms with E-state index in [1.165, 1.54) is 0 Å². The van der Waals surface area contributed by atoms with Crippen LogP contribution in [0.15, 0.2) is 133 Å². The molecule has 5 aromatic carbocycles. The Morgan fingerprint density at radius 2 is 1.43 bits per heavy atom. The highest BCUT2D eigenvalue weighted by molar-refractivity contribution is 6.31. The molecule has 0 fully saturated rings. The molecule has 0 spiro atoms. The van der Waals surface area contributed by atoms with E-state index in [-0.39, 0.29) is 25.7 Å². The Labute approximate surface area is 280 Å². The van der Waals surface area contributed by atoms with Gasteiger partial charge in [-0.15, -0.1) is 0 Å². The Bertz CT molecular complexity index is 1790. The average Bonchev–Trinajstić information content (AvgIpc) is 3.32. The molecule has 0 saturated carbocycles. The third kappa shape index (κ3) is 6.58. The van der Waals surface area contributed by atoms with Crippen molar-refractivity contribution in [3.05, 3.63) is 172 Å². The number of nitrogens with one attached hydrogen (secondary N) is 1. The third-order valence-electron chi connectivity index (χ3n) is 8.64. The molecule has 0 aromatic heterocycles. The van der Waals surface area contributed by atoms with Crippen molar-refractivity contribution < 1.29 is 19.1 Å². The van der Waals surface area contributed by atoms with E-state index in [2.05, 4.69) is 5.32 Å². The summed E-state index contributed by atoms with van der Waals surface area (Å²) in [6.07, 6.45) is 0. The zero-order valence-corrected chi connectivity index (χ0v) is 27.2. The fourth-order valence-corrected chi connectivity index (χ4v) is 6.45. The zero-order valence-electron chi connectivity index (χ0n) is 26.4. The second kappa shape index (κ2) is 14.3. The monoisotopic (exact) mass is 644 g/mol. The number of fused-ring (bicyclic) bond motifs is 1. The molecule has 0 aliphatic carbocycles. The van der Waals surface area contributed by atoms with E-state index >= 15 is 4.79 Å². The summed E-state index contributed by atoms with van der Waals surface area (Å²) in [5, 5.41) is 4.01. The van der Waals surface area contributed by atoms with E-state index in [4.69, 9.17) is 21.1 Å². The van der Waals surface area contributed by atoms with E-state index in [0.717, 1.165) is 27.8 Å². The van der Waals surface area contributed by atoms with Crippen LogP contribution in [-0.2, 0) is 37.8 Å². The highest BCUT2D eigenvalue weighted by Gasteiger charge is 2.60. The van der Waals surface area contributed by atoms with Gasteiger partial charge in [0.2, 0.25) is 5.60 Å². The van der Waals surface area contributed by atoms with E-state index in [9.17, 15) is 4.79 Å². The van der Waals surface area contributed by atoms with Crippen molar-refractivity contribution in [2.45, 2.75) is 44.7 Å². The number of amides is 1. The molecule has 6 rings (SSSR count). The summed E-state index contributed by atoms with van der Waals surface area (Å²) >= 11 is 6.67. The SMILES string of the molecule is CCOC(=O)C(NC(c1ccccc1)c1ccccc1)[C@]1(OCc2ccccc2C)C(=O)N(Cc2ccccc2)c2ccc(Cl)cc21. The summed E-state index contributed by atoms with van der Waals surface area (Å²) in [5.74, 6) is -0.979. The summed E-state index contributed by atoms with van der Waals surface area (Å²) in [7, 11) is 0. The molecule has 2 atom stereocenters. The predicted molar refractivity (Wildman–Crippen MR) is 185 cm³/mol. The lowest BCUT2D eigenvalue weighted by molar-refractivity contribution is -0.169. The first-order valence-electron chi connectivity index (χ1n) is 15.8. The van der Waals surface area contributed by atoms with Crippen molar-refractivity contribution in [3.8, 4) is 0 Å². The van der Waals surface area contributed by atoms with Gasteiger partial charge in [-0.05, 0) is 59.9 Å². The summed E-state index contributed by atoms with van der Waals surface area (Å²) in [6, 6.07) is 40.9. The molecule has 1 heterocycles. The first-order chi connectivity index (χ1) is 22.9. The van der Waals surface area contributed by atoms with Crippen molar-refractivity contribution in [1.82, 2.24) is 5.32 Å². The highest BCUT2D eigenvalue weighted by Crippen LogP contribution is 2.48. The van der Waals surface area contributed by atoms with E-state index in [1.807, 2.05) is 128 Å². The topological polar surface area (TPSA) is 67.9 Å². The quantitative estimate of drug-likeness (QED) is 0.140. The van der Waals surface area contributed by atoms with Gasteiger partial charge < -0.3 is 14.4 Å². The lowest BCUT2D eigenvalue weighted by Crippen LogP contribution is -2.60. The van der Waals surface area contributed by atoms with Crippen molar-refractivity contribution >= 4 is 29.2 Å². The van der Waals surface area contributed by atoms with Crippen molar-refractivity contribution in [1.29, 1.82) is 0 Å². The van der Waals surface area contributed by atoms with Crippen LogP contribution in [-0.4, -0.2) is 24.5 Å². The number of aryl methyl sites for hydroxylation is 1. The molecule has 5 aromatic rings. The Hall–Kier alpha value is -4.75. The lowest BCUT2D eigenvalue weighted by atomic mass is 9.85. The molecule has 1 N–H and O–H groups in total. The van der Waals surface area contributed by atoms with Crippen molar-refractivity contribution in [3.63, 3.8) is 0 Å². The number of hydrogen-bond donors (Lipinski definition) is 1. The fraction of sp³-hybridized carbons (Fsp3) is 0.200. The molecular formula is C40H37ClN2O4. The van der Waals surface area contributed by atoms with Gasteiger partial charge >= 0.3 is 5.97 Å². The van der Waals surface area contributed by atoms with Gasteiger partial charge in [-0.3, -0.25) is 14.9 Å². The van der Waals surface area contributed by atoms with E-state index in [1.54, 1.807) is 24.0 Å². The Kier molecular flexibility index (Phi) is 9.83. The van der Waals surface area contributed by atoms with Crippen LogP contribution >= 0.6 is 11.6 Å². The maximum atomic E-state index is 15.2. The first kappa shape index (κ1) is 32.2. The number of carbonyl (C=O) groups is 2. The zero-order chi connectivity index (χ0) is 32.8. The van der Waals surface area contributed by atoms with Crippen molar-refractivity contribution in [2.24, 2.45) is 0 Å². The van der Waals surface area contributed by atoms with E-state index < -0.39 is 23.7 Å².